The molecule has 1 aromatic rings. The van der Waals surface area contributed by atoms with Crippen molar-refractivity contribution in [3.05, 3.63) is 53.8 Å². The van der Waals surface area contributed by atoms with Crippen LogP contribution in [-0.4, -0.2) is 36.9 Å². The first-order valence-electron chi connectivity index (χ1n) is 7.43. The molecule has 0 aliphatic heterocycles. The Kier molecular flexibility index (Phi) is 5.62. The lowest BCUT2D eigenvalue weighted by Gasteiger charge is -2.29. The van der Waals surface area contributed by atoms with Crippen LogP contribution in [0.15, 0.2) is 53.0 Å². The van der Waals surface area contributed by atoms with E-state index >= 15 is 0 Å². The van der Waals surface area contributed by atoms with E-state index in [0.29, 0.717) is 12.0 Å². The van der Waals surface area contributed by atoms with E-state index in [1.54, 1.807) is 12.1 Å². The van der Waals surface area contributed by atoms with Crippen molar-refractivity contribution >= 4 is 13.5 Å². The van der Waals surface area contributed by atoms with Crippen molar-refractivity contribution in [3.63, 3.8) is 0 Å². The topological polar surface area (TPSA) is 131 Å². The highest BCUT2D eigenvalue weighted by molar-refractivity contribution is 7.50. The van der Waals surface area contributed by atoms with Crippen molar-refractivity contribution in [1.29, 1.82) is 0 Å². The van der Waals surface area contributed by atoms with Gasteiger partial charge < -0.3 is 25.1 Å². The molecule has 3 atom stereocenters. The molecule has 0 radical (unpaired) electrons. The smallest absolute Gasteiger partial charge is 0.448 e. The Morgan fingerprint density at radius 2 is 1.96 bits per heavy atom. The molecule has 3 unspecified atom stereocenters. The van der Waals surface area contributed by atoms with Crippen LogP contribution in [0.2, 0.25) is 0 Å². The molecule has 2 rings (SSSR count). The number of aromatic hydroxyl groups is 1. The monoisotopic (exact) mass is 353 g/mol. The summed E-state index contributed by atoms with van der Waals surface area (Å²) in [6.07, 6.45) is 3.27. The molecule has 0 saturated carbocycles. The van der Waals surface area contributed by atoms with Gasteiger partial charge in [-0.2, -0.15) is 4.76 Å². The van der Waals surface area contributed by atoms with Gasteiger partial charge in [0.2, 0.25) is 0 Å². The van der Waals surface area contributed by atoms with Crippen LogP contribution in [0.5, 0.6) is 5.75 Å². The molecule has 1 aliphatic rings. The van der Waals surface area contributed by atoms with E-state index in [0.717, 1.165) is 0 Å². The number of allylic oxidation sites excluding steroid dienone is 2. The predicted molar refractivity (Wildman–Crippen MR) is 90.0 cm³/mol. The summed E-state index contributed by atoms with van der Waals surface area (Å²) in [5, 5.41) is 30.1. The lowest BCUT2D eigenvalue weighted by molar-refractivity contribution is 0.121. The first-order valence-corrected chi connectivity index (χ1v) is 8.99. The molecule has 0 fully saturated rings. The third-order valence-electron chi connectivity index (χ3n) is 3.88. The summed E-state index contributed by atoms with van der Waals surface area (Å²) < 4.78 is 14.5. The van der Waals surface area contributed by atoms with Crippen molar-refractivity contribution < 1.29 is 29.7 Å². The zero-order chi connectivity index (χ0) is 17.9. The molecule has 130 valence electrons. The highest BCUT2D eigenvalue weighted by Crippen LogP contribution is 2.40. The number of phenolic OH excluding ortho intramolecular Hbond substituents is 1. The normalized spacial score (nSPS) is 22.2. The standard InChI is InChI=1S/C16H20NO6P/c1-2-13(10-4-3-5-11(18)8-10)16(20)14-9-12(19)6-7-15(14)17-24(21,22)23/h3-9,13-14,16,18-20H,2H2,1H3,(H2,21,22,23). The lowest BCUT2D eigenvalue weighted by Crippen LogP contribution is -2.32. The van der Waals surface area contributed by atoms with Crippen molar-refractivity contribution in [3.8, 4) is 5.75 Å². The number of hydrogen-bond donors (Lipinski definition) is 5. The molecule has 7 nitrogen and oxygen atoms in total. The number of hydrogen-bond acceptors (Lipinski definition) is 4. The lowest BCUT2D eigenvalue weighted by atomic mass is 9.80. The molecule has 0 spiro atoms. The highest BCUT2D eigenvalue weighted by atomic mass is 31.2. The van der Waals surface area contributed by atoms with Crippen LogP contribution < -0.4 is 0 Å². The molecule has 0 bridgehead atoms. The Morgan fingerprint density at radius 1 is 1.25 bits per heavy atom. The second-order valence-electron chi connectivity index (χ2n) is 5.59. The number of aliphatic hydroxyl groups is 2. The molecule has 0 amide bonds. The largest absolute Gasteiger partial charge is 0.508 e. The summed E-state index contributed by atoms with van der Waals surface area (Å²) in [4.78, 5) is 18.2. The Labute approximate surface area is 139 Å². The fraction of sp³-hybridized carbons (Fsp3) is 0.312. The van der Waals surface area contributed by atoms with Crippen LogP contribution in [0.25, 0.3) is 0 Å². The van der Waals surface area contributed by atoms with E-state index in [9.17, 15) is 19.9 Å². The molecule has 0 aromatic heterocycles. The van der Waals surface area contributed by atoms with Gasteiger partial charge in [0.1, 0.15) is 11.5 Å². The van der Waals surface area contributed by atoms with Crippen LogP contribution in [0.4, 0.5) is 0 Å². The van der Waals surface area contributed by atoms with Crippen LogP contribution >= 0.6 is 7.75 Å². The molecule has 1 aromatic carbocycles. The third kappa shape index (κ3) is 4.55. The number of nitrogens with zero attached hydrogens (tertiary/aromatic N) is 1. The number of aliphatic hydroxyl groups excluding tert-OH is 2. The minimum Gasteiger partial charge on any atom is -0.508 e. The average molecular weight is 353 g/mol. The third-order valence-corrected chi connectivity index (χ3v) is 4.37. The summed E-state index contributed by atoms with van der Waals surface area (Å²) in [6, 6.07) is 6.44. The van der Waals surface area contributed by atoms with Gasteiger partial charge in [0.05, 0.1) is 11.8 Å². The van der Waals surface area contributed by atoms with Crippen molar-refractivity contribution in [2.24, 2.45) is 10.7 Å². The maximum atomic E-state index is 11.2. The highest BCUT2D eigenvalue weighted by Gasteiger charge is 2.32. The average Bonchev–Trinajstić information content (AvgIpc) is 2.48. The minimum absolute atomic E-state index is 0.00719. The fourth-order valence-electron chi connectivity index (χ4n) is 2.81. The van der Waals surface area contributed by atoms with E-state index in [1.165, 1.54) is 30.4 Å². The van der Waals surface area contributed by atoms with Gasteiger partial charge in [0, 0.05) is 11.8 Å². The van der Waals surface area contributed by atoms with E-state index in [2.05, 4.69) is 4.76 Å². The SMILES string of the molecule is CCC(c1cccc(O)c1)C(O)C1C=C(O)C=CC1=NP(=O)(O)O. The maximum Gasteiger partial charge on any atom is 0.448 e. The van der Waals surface area contributed by atoms with Gasteiger partial charge in [-0.25, -0.2) is 4.57 Å². The van der Waals surface area contributed by atoms with Crippen LogP contribution in [0.1, 0.15) is 24.8 Å². The fourth-order valence-corrected chi connectivity index (χ4v) is 3.31. The van der Waals surface area contributed by atoms with Crippen LogP contribution in [0.3, 0.4) is 0 Å². The van der Waals surface area contributed by atoms with Crippen molar-refractivity contribution in [2.45, 2.75) is 25.4 Å². The molecule has 1 aliphatic carbocycles. The zero-order valence-corrected chi connectivity index (χ0v) is 13.9. The summed E-state index contributed by atoms with van der Waals surface area (Å²) in [5.74, 6) is -1.35. The number of rotatable bonds is 5. The van der Waals surface area contributed by atoms with Gasteiger partial charge in [0.15, 0.2) is 0 Å². The van der Waals surface area contributed by atoms with E-state index in [1.807, 2.05) is 6.92 Å². The number of phenols is 1. The van der Waals surface area contributed by atoms with Crippen LogP contribution in [-0.2, 0) is 4.57 Å². The first-order chi connectivity index (χ1) is 11.2. The Balaban J connectivity index is 2.39. The molecule has 24 heavy (non-hydrogen) atoms. The molecular weight excluding hydrogens is 333 g/mol. The Morgan fingerprint density at radius 3 is 2.54 bits per heavy atom. The van der Waals surface area contributed by atoms with Gasteiger partial charge in [-0.3, -0.25) is 0 Å². The van der Waals surface area contributed by atoms with E-state index < -0.39 is 25.7 Å². The minimum atomic E-state index is -4.67. The van der Waals surface area contributed by atoms with E-state index in [4.69, 9.17) is 9.79 Å². The van der Waals surface area contributed by atoms with Gasteiger partial charge in [-0.15, -0.1) is 0 Å². The van der Waals surface area contributed by atoms with Gasteiger partial charge in [-0.05, 0) is 42.3 Å². The summed E-state index contributed by atoms with van der Waals surface area (Å²) in [5.41, 5.74) is 0.676. The Hall–Kier alpha value is -1.92. The molecular formula is C16H20NO6P. The second kappa shape index (κ2) is 7.32. The van der Waals surface area contributed by atoms with Gasteiger partial charge in [-0.1, -0.05) is 19.1 Å². The summed E-state index contributed by atoms with van der Waals surface area (Å²) >= 11 is 0. The molecule has 0 heterocycles. The Bertz CT molecular complexity index is 736. The summed E-state index contributed by atoms with van der Waals surface area (Å²) in [7, 11) is -4.67. The summed E-state index contributed by atoms with van der Waals surface area (Å²) in [6.45, 7) is 1.85. The molecule has 8 heteroatoms. The first kappa shape index (κ1) is 18.4. The zero-order valence-electron chi connectivity index (χ0n) is 13.0. The van der Waals surface area contributed by atoms with E-state index in [-0.39, 0.29) is 17.2 Å². The van der Waals surface area contributed by atoms with Gasteiger partial charge in [0.25, 0.3) is 0 Å². The van der Waals surface area contributed by atoms with Crippen molar-refractivity contribution in [2.75, 3.05) is 0 Å². The molecule has 0 saturated heterocycles. The quantitative estimate of drug-likeness (QED) is 0.517. The second-order valence-corrected chi connectivity index (χ2v) is 6.82. The van der Waals surface area contributed by atoms with Crippen LogP contribution in [0, 0.1) is 5.92 Å². The van der Waals surface area contributed by atoms with Crippen molar-refractivity contribution in [1.82, 2.24) is 0 Å². The maximum absolute atomic E-state index is 11.2. The predicted octanol–water partition coefficient (Wildman–Crippen LogP) is 2.41. The van der Waals surface area contributed by atoms with Gasteiger partial charge >= 0.3 is 7.75 Å². The number of benzene rings is 1. The molecule has 5 N–H and O–H groups in total.